The van der Waals surface area contributed by atoms with Crippen LogP contribution in [0, 0.1) is 5.82 Å². The van der Waals surface area contributed by atoms with Crippen molar-refractivity contribution in [1.82, 2.24) is 0 Å². The number of benzene rings is 1. The number of rotatable bonds is 5. The molecule has 0 aliphatic heterocycles. The molecule has 0 radical (unpaired) electrons. The van der Waals surface area contributed by atoms with Crippen molar-refractivity contribution < 1.29 is 13.9 Å². The van der Waals surface area contributed by atoms with Gasteiger partial charge in [-0.3, -0.25) is 10.2 Å². The molecule has 0 bridgehead atoms. The minimum absolute atomic E-state index is 0.0819. The molecule has 4 nitrogen and oxygen atoms in total. The van der Waals surface area contributed by atoms with Gasteiger partial charge in [0.2, 0.25) is 0 Å². The summed E-state index contributed by atoms with van der Waals surface area (Å²) in [4.78, 5) is 10.7. The van der Waals surface area contributed by atoms with E-state index in [1.54, 1.807) is 0 Å². The van der Waals surface area contributed by atoms with Gasteiger partial charge in [0.05, 0.1) is 23.0 Å². The molecule has 0 amide bonds. The lowest BCUT2D eigenvalue weighted by Crippen LogP contribution is -2.07. The molecule has 1 N–H and O–H groups in total. The first-order valence-corrected chi connectivity index (χ1v) is 5.73. The van der Waals surface area contributed by atoms with Crippen LogP contribution in [-0.4, -0.2) is 18.1 Å². The molecule has 0 saturated carbocycles. The van der Waals surface area contributed by atoms with E-state index >= 15 is 0 Å². The number of ether oxygens (including phenoxy) is 1. The normalized spacial score (nSPS) is 11.0. The van der Waals surface area contributed by atoms with Gasteiger partial charge in [-0.1, -0.05) is 11.6 Å². The molecular formula is C12H14ClFN2O2. The third kappa shape index (κ3) is 4.33. The lowest BCUT2D eigenvalue weighted by Gasteiger charge is -2.13. The number of ketones is 1. The van der Waals surface area contributed by atoms with Crippen LogP contribution in [0.3, 0.4) is 0 Å². The summed E-state index contributed by atoms with van der Waals surface area (Å²) < 4.78 is 18.9. The maximum atomic E-state index is 13.5. The van der Waals surface area contributed by atoms with E-state index in [1.165, 1.54) is 13.0 Å². The van der Waals surface area contributed by atoms with Gasteiger partial charge in [-0.25, -0.2) is 4.39 Å². The zero-order valence-electron chi connectivity index (χ0n) is 10.3. The summed E-state index contributed by atoms with van der Waals surface area (Å²) in [5.41, 5.74) is 2.51. The average Bonchev–Trinajstić information content (AvgIpc) is 2.23. The Kier molecular flexibility index (Phi) is 5.09. The van der Waals surface area contributed by atoms with Crippen LogP contribution < -0.4 is 10.2 Å². The Labute approximate surface area is 110 Å². The highest BCUT2D eigenvalue weighted by Gasteiger charge is 2.10. The van der Waals surface area contributed by atoms with Crippen LogP contribution in [0.4, 0.5) is 10.1 Å². The predicted molar refractivity (Wildman–Crippen MR) is 70.0 cm³/mol. The Bertz CT molecular complexity index is 475. The number of Topliss-reactive ketones (excluding diaryl/α,β-unsaturated/α-hetero) is 1. The van der Waals surface area contributed by atoms with Crippen LogP contribution in [0.15, 0.2) is 17.2 Å². The van der Waals surface area contributed by atoms with Crippen molar-refractivity contribution in [2.24, 2.45) is 5.10 Å². The van der Waals surface area contributed by atoms with E-state index in [0.717, 1.165) is 12.3 Å². The highest BCUT2D eigenvalue weighted by molar-refractivity contribution is 6.32. The molecule has 0 heterocycles. The number of carbonyl (C=O) groups is 1. The highest BCUT2D eigenvalue weighted by Crippen LogP contribution is 2.31. The van der Waals surface area contributed by atoms with Gasteiger partial charge in [0.25, 0.3) is 0 Å². The molecule has 0 atom stereocenters. The van der Waals surface area contributed by atoms with Crippen LogP contribution in [-0.2, 0) is 4.79 Å². The zero-order chi connectivity index (χ0) is 13.7. The molecule has 0 saturated heterocycles. The minimum atomic E-state index is -0.572. The van der Waals surface area contributed by atoms with Gasteiger partial charge < -0.3 is 4.74 Å². The van der Waals surface area contributed by atoms with Crippen LogP contribution in [0.25, 0.3) is 0 Å². The van der Waals surface area contributed by atoms with Crippen LogP contribution >= 0.6 is 11.6 Å². The Morgan fingerprint density at radius 3 is 2.78 bits per heavy atom. The van der Waals surface area contributed by atoms with E-state index in [9.17, 15) is 9.18 Å². The summed E-state index contributed by atoms with van der Waals surface area (Å²) in [6.07, 6.45) is 0.971. The van der Waals surface area contributed by atoms with Crippen molar-refractivity contribution in [3.63, 3.8) is 0 Å². The van der Waals surface area contributed by atoms with Crippen molar-refractivity contribution in [1.29, 1.82) is 0 Å². The molecule has 1 aromatic carbocycles. The highest BCUT2D eigenvalue weighted by atomic mass is 35.5. The van der Waals surface area contributed by atoms with Gasteiger partial charge >= 0.3 is 0 Å². The van der Waals surface area contributed by atoms with Crippen molar-refractivity contribution in [3.05, 3.63) is 23.0 Å². The van der Waals surface area contributed by atoms with E-state index < -0.39 is 5.82 Å². The molecule has 1 aromatic rings. The first kappa shape index (κ1) is 14.4. The molecule has 18 heavy (non-hydrogen) atoms. The van der Waals surface area contributed by atoms with Gasteiger partial charge in [0.15, 0.2) is 5.78 Å². The molecule has 0 aliphatic rings. The summed E-state index contributed by atoms with van der Waals surface area (Å²) in [5, 5.41) is 3.77. The fourth-order valence-electron chi connectivity index (χ4n) is 1.15. The molecule has 1 rings (SSSR count). The Morgan fingerprint density at radius 1 is 1.56 bits per heavy atom. The molecular weight excluding hydrogens is 259 g/mol. The minimum Gasteiger partial charge on any atom is -0.489 e. The first-order chi connectivity index (χ1) is 8.40. The summed E-state index contributed by atoms with van der Waals surface area (Å²) in [7, 11) is 0. The van der Waals surface area contributed by atoms with Crippen molar-refractivity contribution in [2.45, 2.75) is 26.9 Å². The Hall–Kier alpha value is -1.62. The van der Waals surface area contributed by atoms with E-state index in [-0.39, 0.29) is 22.6 Å². The largest absolute Gasteiger partial charge is 0.489 e. The summed E-state index contributed by atoms with van der Waals surface area (Å²) in [5.74, 6) is -0.457. The first-order valence-electron chi connectivity index (χ1n) is 5.35. The van der Waals surface area contributed by atoms with Gasteiger partial charge in [-0.15, -0.1) is 0 Å². The number of hydrogen-bond acceptors (Lipinski definition) is 4. The molecule has 0 aromatic heterocycles. The van der Waals surface area contributed by atoms with Gasteiger partial charge in [0.1, 0.15) is 11.6 Å². The fourth-order valence-corrected chi connectivity index (χ4v) is 1.35. The quantitative estimate of drug-likeness (QED) is 0.661. The van der Waals surface area contributed by atoms with Gasteiger partial charge in [0, 0.05) is 13.0 Å². The average molecular weight is 273 g/mol. The maximum Gasteiger partial charge on any atom is 0.172 e. The number of hydrogen-bond donors (Lipinski definition) is 1. The third-order valence-corrected chi connectivity index (χ3v) is 2.11. The second-order valence-corrected chi connectivity index (χ2v) is 4.32. The lowest BCUT2D eigenvalue weighted by molar-refractivity contribution is -0.110. The van der Waals surface area contributed by atoms with Crippen molar-refractivity contribution >= 4 is 29.3 Å². The summed E-state index contributed by atoms with van der Waals surface area (Å²) in [6.45, 7) is 5.01. The predicted octanol–water partition coefficient (Wildman–Crippen LogP) is 3.25. The van der Waals surface area contributed by atoms with Crippen LogP contribution in [0.1, 0.15) is 20.8 Å². The SMILES string of the molecule is CC(=O)/C=N/Nc1cc(OC(C)C)c(Cl)cc1F. The second kappa shape index (κ2) is 6.35. The maximum absolute atomic E-state index is 13.5. The van der Waals surface area contributed by atoms with E-state index in [1.807, 2.05) is 13.8 Å². The number of nitrogens with zero attached hydrogens (tertiary/aromatic N) is 1. The number of halogens is 2. The lowest BCUT2D eigenvalue weighted by atomic mass is 10.3. The van der Waals surface area contributed by atoms with Gasteiger partial charge in [-0.2, -0.15) is 5.10 Å². The number of carbonyl (C=O) groups excluding carboxylic acids is 1. The van der Waals surface area contributed by atoms with E-state index in [2.05, 4.69) is 10.5 Å². The number of anilines is 1. The van der Waals surface area contributed by atoms with Crippen molar-refractivity contribution in [3.8, 4) is 5.75 Å². The summed E-state index contributed by atoms with van der Waals surface area (Å²) >= 11 is 5.84. The standard InChI is InChI=1S/C12H14ClFN2O2/c1-7(2)18-12-5-11(10(14)4-9(12)13)16-15-6-8(3)17/h4-7,16H,1-3H3/b15-6+. The monoisotopic (exact) mass is 272 g/mol. The molecule has 6 heteroatoms. The topological polar surface area (TPSA) is 50.7 Å². The third-order valence-electron chi connectivity index (χ3n) is 1.82. The molecule has 98 valence electrons. The zero-order valence-corrected chi connectivity index (χ0v) is 11.1. The molecule has 0 spiro atoms. The van der Waals surface area contributed by atoms with E-state index in [4.69, 9.17) is 16.3 Å². The van der Waals surface area contributed by atoms with E-state index in [0.29, 0.717) is 5.75 Å². The second-order valence-electron chi connectivity index (χ2n) is 3.91. The molecule has 0 unspecified atom stereocenters. The smallest absolute Gasteiger partial charge is 0.172 e. The summed E-state index contributed by atoms with van der Waals surface area (Å²) in [6, 6.07) is 2.53. The fraction of sp³-hybridized carbons (Fsp3) is 0.333. The number of nitrogens with one attached hydrogen (secondary N) is 1. The van der Waals surface area contributed by atoms with Crippen LogP contribution in [0.2, 0.25) is 5.02 Å². The Morgan fingerprint density at radius 2 is 2.22 bits per heavy atom. The van der Waals surface area contributed by atoms with Crippen molar-refractivity contribution in [2.75, 3.05) is 5.43 Å². The molecule has 0 aliphatic carbocycles. The van der Waals surface area contributed by atoms with Gasteiger partial charge in [-0.05, 0) is 19.9 Å². The number of hydrazone groups is 1. The Balaban J connectivity index is 2.94. The molecule has 0 fully saturated rings. The van der Waals surface area contributed by atoms with Crippen LogP contribution in [0.5, 0.6) is 5.75 Å².